The van der Waals surface area contributed by atoms with Gasteiger partial charge in [-0.3, -0.25) is 23.6 Å². The van der Waals surface area contributed by atoms with Crippen molar-refractivity contribution in [1.29, 1.82) is 0 Å². The van der Waals surface area contributed by atoms with Gasteiger partial charge in [0.15, 0.2) is 0 Å². The number of rotatable bonds is 7. The number of carbonyl (C=O) groups excluding carboxylic acids is 2. The Morgan fingerprint density at radius 2 is 1.64 bits per heavy atom. The normalized spacial score (nSPS) is 21.7. The lowest BCUT2D eigenvalue weighted by atomic mass is 9.78. The smallest absolute Gasteiger partial charge is 0.416 e. The molecule has 2 fully saturated rings. The van der Waals surface area contributed by atoms with Gasteiger partial charge in [0.05, 0.1) is 37.3 Å². The van der Waals surface area contributed by atoms with Crippen molar-refractivity contribution in [3.63, 3.8) is 0 Å². The average Bonchev–Trinajstić information content (AvgIpc) is 3.42. The zero-order chi connectivity index (χ0) is 35.6. The Balaban J connectivity index is 0.000000670. The number of likely N-dealkylation sites (tertiary alicyclic amines) is 1. The Labute approximate surface area is 271 Å². The van der Waals surface area contributed by atoms with E-state index in [-0.39, 0.29) is 18.2 Å². The van der Waals surface area contributed by atoms with Gasteiger partial charge in [0.2, 0.25) is 11.8 Å². The van der Waals surface area contributed by atoms with Gasteiger partial charge in [0, 0.05) is 48.6 Å². The van der Waals surface area contributed by atoms with E-state index in [4.69, 9.17) is 13.8 Å². The van der Waals surface area contributed by atoms with Crippen molar-refractivity contribution in [1.82, 2.24) is 20.5 Å². The van der Waals surface area contributed by atoms with Crippen LogP contribution in [0.25, 0.3) is 0 Å². The van der Waals surface area contributed by atoms with E-state index in [1.807, 2.05) is 6.07 Å². The number of hydrogen-bond acceptors (Lipinski definition) is 10. The summed E-state index contributed by atoms with van der Waals surface area (Å²) in [6.45, 7) is 1.16. The molecular formula is C28H39F3N4O10S2. The van der Waals surface area contributed by atoms with Gasteiger partial charge in [-0.2, -0.15) is 30.0 Å². The number of methoxy groups -OCH3 is 1. The van der Waals surface area contributed by atoms with Crippen molar-refractivity contribution in [2.24, 2.45) is 0 Å². The van der Waals surface area contributed by atoms with E-state index in [1.165, 1.54) is 6.07 Å². The summed E-state index contributed by atoms with van der Waals surface area (Å²) in [4.78, 5) is 31.1. The van der Waals surface area contributed by atoms with Crippen LogP contribution in [0.1, 0.15) is 53.6 Å². The van der Waals surface area contributed by atoms with E-state index >= 15 is 0 Å². The zero-order valence-electron chi connectivity index (χ0n) is 25.9. The average molecular weight is 713 g/mol. The van der Waals surface area contributed by atoms with E-state index in [0.29, 0.717) is 43.8 Å². The minimum absolute atomic E-state index is 0.0791. The SMILES string of the molecule is COc1ccc(C2(O)CCC(N3CC[C@@H](NC(=O)CNC(=O)c4cccc(C(F)(F)F)c4)C3)CC2)cn1.CS(=O)(=O)O.CS(=O)(=O)O. The van der Waals surface area contributed by atoms with Gasteiger partial charge in [-0.1, -0.05) is 6.07 Å². The molecule has 14 nitrogen and oxygen atoms in total. The summed E-state index contributed by atoms with van der Waals surface area (Å²) in [6.07, 6.45) is 2.16. The molecule has 1 saturated carbocycles. The maximum absolute atomic E-state index is 12.9. The van der Waals surface area contributed by atoms with Crippen molar-refractivity contribution < 1.29 is 58.5 Å². The Morgan fingerprint density at radius 1 is 1.04 bits per heavy atom. The Morgan fingerprint density at radius 3 is 2.15 bits per heavy atom. The molecule has 2 heterocycles. The lowest BCUT2D eigenvalue weighted by Gasteiger charge is -2.39. The van der Waals surface area contributed by atoms with Gasteiger partial charge >= 0.3 is 6.18 Å². The summed E-state index contributed by atoms with van der Waals surface area (Å²) in [7, 11) is -5.79. The van der Waals surface area contributed by atoms with Gasteiger partial charge in [-0.05, 0) is 56.4 Å². The van der Waals surface area contributed by atoms with Gasteiger partial charge in [-0.15, -0.1) is 0 Å². The predicted molar refractivity (Wildman–Crippen MR) is 164 cm³/mol. The molecule has 2 aromatic rings. The molecule has 1 aliphatic carbocycles. The lowest BCUT2D eigenvalue weighted by molar-refractivity contribution is -0.137. The monoisotopic (exact) mass is 712 g/mol. The number of aromatic nitrogens is 1. The second kappa shape index (κ2) is 16.6. The fraction of sp³-hybridized carbons (Fsp3) is 0.536. The van der Waals surface area contributed by atoms with Crippen LogP contribution < -0.4 is 15.4 Å². The van der Waals surface area contributed by atoms with Crippen molar-refractivity contribution in [3.8, 4) is 5.88 Å². The molecule has 1 aromatic carbocycles. The van der Waals surface area contributed by atoms with Crippen LogP contribution in [0.3, 0.4) is 0 Å². The quantitative estimate of drug-likeness (QED) is 0.261. The number of benzene rings is 1. The molecule has 1 aliphatic heterocycles. The van der Waals surface area contributed by atoms with Gasteiger partial charge in [0.1, 0.15) is 0 Å². The molecule has 0 radical (unpaired) electrons. The molecule has 1 atom stereocenters. The standard InChI is InChI=1S/C26H31F3N4O4.2CH4O3S/c1-37-23-6-5-19(14-30-23)25(36)10-7-21(8-11-25)33-12-9-20(16-33)32-22(34)15-31-24(35)17-3-2-4-18(13-17)26(27,28)29;2*1-5(2,3)4/h2-6,13-14,20-21,36H,7-12,15-16H2,1H3,(H,31,35)(H,32,34);2*1H3,(H,2,3,4)/t20-,21?,25?;;/m1../s1. The van der Waals surface area contributed by atoms with Crippen LogP contribution in [0.5, 0.6) is 5.88 Å². The molecule has 2 amide bonds. The van der Waals surface area contributed by atoms with E-state index < -0.39 is 49.4 Å². The van der Waals surface area contributed by atoms with Crippen LogP contribution in [-0.2, 0) is 36.8 Å². The molecule has 0 unspecified atom stereocenters. The Hall–Kier alpha value is -3.36. The fourth-order valence-corrected chi connectivity index (χ4v) is 5.13. The van der Waals surface area contributed by atoms with Crippen LogP contribution in [0, 0.1) is 0 Å². The molecule has 47 heavy (non-hydrogen) atoms. The van der Waals surface area contributed by atoms with Crippen molar-refractivity contribution >= 4 is 32.1 Å². The van der Waals surface area contributed by atoms with Gasteiger partial charge in [0.25, 0.3) is 26.1 Å². The second-order valence-electron chi connectivity index (χ2n) is 11.1. The van der Waals surface area contributed by atoms with Crippen molar-refractivity contribution in [2.45, 2.75) is 56.0 Å². The number of hydrogen-bond donors (Lipinski definition) is 5. The Kier molecular flexibility index (Phi) is 14.1. The number of halogens is 3. The topological polar surface area (TPSA) is 213 Å². The van der Waals surface area contributed by atoms with E-state index in [2.05, 4.69) is 20.5 Å². The summed E-state index contributed by atoms with van der Waals surface area (Å²) in [5, 5.41) is 16.4. The lowest BCUT2D eigenvalue weighted by Crippen LogP contribution is -2.45. The molecule has 1 aromatic heterocycles. The van der Waals surface area contributed by atoms with E-state index in [0.717, 1.165) is 49.6 Å². The molecule has 2 aliphatic rings. The first-order chi connectivity index (χ1) is 21.6. The first kappa shape index (κ1) is 39.8. The summed E-state index contributed by atoms with van der Waals surface area (Å²) >= 11 is 0. The van der Waals surface area contributed by atoms with Crippen molar-refractivity contribution in [2.75, 3.05) is 39.3 Å². The summed E-state index contributed by atoms with van der Waals surface area (Å²) in [6, 6.07) is 7.89. The van der Waals surface area contributed by atoms with Gasteiger partial charge in [-0.25, -0.2) is 4.98 Å². The molecule has 1 saturated heterocycles. The van der Waals surface area contributed by atoms with E-state index in [1.54, 1.807) is 19.4 Å². The minimum Gasteiger partial charge on any atom is -0.481 e. The number of alkyl halides is 3. The third-order valence-corrected chi connectivity index (χ3v) is 7.23. The van der Waals surface area contributed by atoms with Crippen molar-refractivity contribution in [3.05, 3.63) is 59.3 Å². The second-order valence-corrected chi connectivity index (χ2v) is 14.1. The molecule has 5 N–H and O–H groups in total. The molecule has 4 rings (SSSR count). The Bertz CT molecular complexity index is 1520. The fourth-order valence-electron chi connectivity index (χ4n) is 5.13. The number of aliphatic hydroxyl groups is 1. The van der Waals surface area contributed by atoms with Crippen LogP contribution in [0.2, 0.25) is 0 Å². The number of nitrogens with one attached hydrogen (secondary N) is 2. The number of nitrogens with zero attached hydrogens (tertiary/aromatic N) is 2. The first-order valence-electron chi connectivity index (χ1n) is 14.1. The molecule has 264 valence electrons. The summed E-state index contributed by atoms with van der Waals surface area (Å²) in [5.41, 5.74) is -1.21. The van der Waals surface area contributed by atoms with Crippen LogP contribution in [-0.4, -0.2) is 104 Å². The number of pyridine rings is 1. The number of amides is 2. The number of ether oxygens (including phenoxy) is 1. The first-order valence-corrected chi connectivity index (χ1v) is 17.8. The molecular weight excluding hydrogens is 673 g/mol. The predicted octanol–water partition coefficient (Wildman–Crippen LogP) is 1.87. The minimum atomic E-state index is -4.55. The highest BCUT2D eigenvalue weighted by Gasteiger charge is 2.39. The van der Waals surface area contributed by atoms with Crippen LogP contribution in [0.4, 0.5) is 13.2 Å². The van der Waals surface area contributed by atoms with E-state index in [9.17, 15) is 44.7 Å². The maximum Gasteiger partial charge on any atom is 0.416 e. The summed E-state index contributed by atoms with van der Waals surface area (Å²) < 4.78 is 95.4. The molecule has 19 heteroatoms. The zero-order valence-corrected chi connectivity index (χ0v) is 27.5. The van der Waals surface area contributed by atoms with Gasteiger partial charge < -0.3 is 20.5 Å². The maximum atomic E-state index is 12.9. The third-order valence-electron chi connectivity index (χ3n) is 7.23. The molecule has 0 spiro atoms. The highest BCUT2D eigenvalue weighted by Crippen LogP contribution is 2.39. The third kappa shape index (κ3) is 14.9. The van der Waals surface area contributed by atoms with Crippen LogP contribution in [0.15, 0.2) is 42.6 Å². The number of carbonyl (C=O) groups is 2. The largest absolute Gasteiger partial charge is 0.481 e. The molecule has 0 bridgehead atoms. The highest BCUT2D eigenvalue weighted by atomic mass is 32.2. The highest BCUT2D eigenvalue weighted by molar-refractivity contribution is 7.85. The summed E-state index contributed by atoms with van der Waals surface area (Å²) in [5.74, 6) is -0.630. The van der Waals surface area contributed by atoms with Crippen LogP contribution >= 0.6 is 0 Å².